The van der Waals surface area contributed by atoms with Crippen molar-refractivity contribution in [2.75, 3.05) is 4.72 Å². The molecule has 0 saturated heterocycles. The lowest BCUT2D eigenvalue weighted by Crippen LogP contribution is -2.15. The van der Waals surface area contributed by atoms with E-state index in [9.17, 15) is 12.8 Å². The van der Waals surface area contributed by atoms with E-state index in [2.05, 4.69) is 20.7 Å². The molecule has 0 fully saturated rings. The van der Waals surface area contributed by atoms with Crippen molar-refractivity contribution in [3.63, 3.8) is 0 Å². The number of hydrogen-bond acceptors (Lipinski definition) is 2. The Labute approximate surface area is 126 Å². The number of sulfonamides is 1. The molecule has 0 unspecified atom stereocenters. The van der Waals surface area contributed by atoms with Gasteiger partial charge in [0, 0.05) is 4.47 Å². The quantitative estimate of drug-likeness (QED) is 0.901. The zero-order valence-corrected chi connectivity index (χ0v) is 13.3. The third-order valence-corrected chi connectivity index (χ3v) is 4.81. The molecule has 20 heavy (non-hydrogen) atoms. The van der Waals surface area contributed by atoms with Crippen LogP contribution >= 0.6 is 15.9 Å². The first-order valence-corrected chi connectivity index (χ1v) is 8.12. The van der Waals surface area contributed by atoms with Gasteiger partial charge in [0.25, 0.3) is 10.0 Å². The van der Waals surface area contributed by atoms with Gasteiger partial charge in [-0.15, -0.1) is 0 Å². The van der Waals surface area contributed by atoms with Gasteiger partial charge in [-0.25, -0.2) is 12.8 Å². The summed E-state index contributed by atoms with van der Waals surface area (Å²) in [6.07, 6.45) is 0. The fourth-order valence-corrected chi connectivity index (χ4v) is 3.62. The van der Waals surface area contributed by atoms with E-state index in [1.807, 2.05) is 0 Å². The highest BCUT2D eigenvalue weighted by molar-refractivity contribution is 9.10. The van der Waals surface area contributed by atoms with Crippen LogP contribution in [0.5, 0.6) is 0 Å². The van der Waals surface area contributed by atoms with Gasteiger partial charge in [0.1, 0.15) is 5.82 Å². The molecule has 0 aliphatic rings. The van der Waals surface area contributed by atoms with Gasteiger partial charge < -0.3 is 0 Å². The lowest BCUT2D eigenvalue weighted by atomic mass is 10.2. The van der Waals surface area contributed by atoms with Crippen LogP contribution in [-0.2, 0) is 10.0 Å². The summed E-state index contributed by atoms with van der Waals surface area (Å²) >= 11 is 3.23. The molecule has 0 atom stereocenters. The monoisotopic (exact) mass is 357 g/mol. The van der Waals surface area contributed by atoms with Gasteiger partial charge >= 0.3 is 0 Å². The molecular weight excluding hydrogens is 345 g/mol. The topological polar surface area (TPSA) is 46.2 Å². The molecule has 6 heteroatoms. The van der Waals surface area contributed by atoms with Crippen molar-refractivity contribution < 1.29 is 12.8 Å². The predicted molar refractivity (Wildman–Crippen MR) is 80.8 cm³/mol. The van der Waals surface area contributed by atoms with E-state index in [4.69, 9.17) is 0 Å². The van der Waals surface area contributed by atoms with Crippen LogP contribution in [0.4, 0.5) is 10.1 Å². The SMILES string of the molecule is Cc1ccc(F)c(NS(=O)(=O)c2cc(Br)ccc2C)c1. The summed E-state index contributed by atoms with van der Waals surface area (Å²) in [5, 5.41) is 0. The van der Waals surface area contributed by atoms with Gasteiger partial charge in [-0.1, -0.05) is 28.1 Å². The molecule has 2 aromatic rings. The lowest BCUT2D eigenvalue weighted by molar-refractivity contribution is 0.598. The Morgan fingerprint density at radius 3 is 2.50 bits per heavy atom. The van der Waals surface area contributed by atoms with Crippen molar-refractivity contribution in [1.29, 1.82) is 0 Å². The molecule has 0 saturated carbocycles. The minimum Gasteiger partial charge on any atom is -0.277 e. The van der Waals surface area contributed by atoms with Crippen LogP contribution in [0.2, 0.25) is 0 Å². The van der Waals surface area contributed by atoms with E-state index in [0.717, 1.165) is 5.56 Å². The van der Waals surface area contributed by atoms with E-state index in [0.29, 0.717) is 10.0 Å². The second kappa shape index (κ2) is 5.54. The smallest absolute Gasteiger partial charge is 0.262 e. The van der Waals surface area contributed by atoms with Crippen LogP contribution in [0.3, 0.4) is 0 Å². The van der Waals surface area contributed by atoms with Gasteiger partial charge in [0.2, 0.25) is 0 Å². The van der Waals surface area contributed by atoms with E-state index < -0.39 is 15.8 Å². The Hall–Kier alpha value is -1.40. The number of anilines is 1. The van der Waals surface area contributed by atoms with Crippen molar-refractivity contribution in [3.8, 4) is 0 Å². The van der Waals surface area contributed by atoms with Gasteiger partial charge in [-0.3, -0.25) is 4.72 Å². The van der Waals surface area contributed by atoms with Crippen molar-refractivity contribution in [2.45, 2.75) is 18.7 Å². The number of rotatable bonds is 3. The number of halogens is 2. The van der Waals surface area contributed by atoms with E-state index in [-0.39, 0.29) is 10.6 Å². The van der Waals surface area contributed by atoms with Crippen molar-refractivity contribution in [2.24, 2.45) is 0 Å². The zero-order chi connectivity index (χ0) is 14.9. The molecule has 0 spiro atoms. The second-order valence-electron chi connectivity index (χ2n) is 4.50. The standard InChI is InChI=1S/C14H13BrFNO2S/c1-9-3-6-12(16)13(7-9)17-20(18,19)14-8-11(15)5-4-10(14)2/h3-8,17H,1-2H3. The molecule has 2 rings (SSSR count). The summed E-state index contributed by atoms with van der Waals surface area (Å²) in [5.41, 5.74) is 1.31. The Morgan fingerprint density at radius 2 is 1.80 bits per heavy atom. The maximum absolute atomic E-state index is 13.7. The molecule has 2 aromatic carbocycles. The predicted octanol–water partition coefficient (Wildman–Crippen LogP) is 4.01. The van der Waals surface area contributed by atoms with Crippen LogP contribution in [0.1, 0.15) is 11.1 Å². The van der Waals surface area contributed by atoms with Gasteiger partial charge in [0.05, 0.1) is 10.6 Å². The second-order valence-corrected chi connectivity index (χ2v) is 7.07. The lowest BCUT2D eigenvalue weighted by Gasteiger charge is -2.12. The number of nitrogens with one attached hydrogen (secondary N) is 1. The minimum atomic E-state index is -3.83. The number of benzene rings is 2. The summed E-state index contributed by atoms with van der Waals surface area (Å²) in [7, 11) is -3.83. The van der Waals surface area contributed by atoms with Gasteiger partial charge in [-0.2, -0.15) is 0 Å². The Kier molecular flexibility index (Phi) is 4.15. The minimum absolute atomic E-state index is 0.0515. The Morgan fingerprint density at radius 1 is 1.10 bits per heavy atom. The molecule has 0 amide bonds. The Bertz CT molecular complexity index is 760. The van der Waals surface area contributed by atoms with Gasteiger partial charge in [-0.05, 0) is 49.2 Å². The van der Waals surface area contributed by atoms with Gasteiger partial charge in [0.15, 0.2) is 0 Å². The van der Waals surface area contributed by atoms with Crippen molar-refractivity contribution >= 4 is 31.6 Å². The largest absolute Gasteiger partial charge is 0.277 e. The highest BCUT2D eigenvalue weighted by Crippen LogP contribution is 2.24. The first-order valence-electron chi connectivity index (χ1n) is 5.85. The summed E-state index contributed by atoms with van der Waals surface area (Å²) < 4.78 is 41.3. The first kappa shape index (κ1) is 15.0. The maximum Gasteiger partial charge on any atom is 0.262 e. The summed E-state index contributed by atoms with van der Waals surface area (Å²) in [6.45, 7) is 3.45. The molecule has 0 bridgehead atoms. The molecule has 0 aliphatic heterocycles. The van der Waals surface area contributed by atoms with Crippen LogP contribution < -0.4 is 4.72 Å². The highest BCUT2D eigenvalue weighted by atomic mass is 79.9. The van der Waals surface area contributed by atoms with Crippen molar-refractivity contribution in [3.05, 3.63) is 57.8 Å². The molecular formula is C14H13BrFNO2S. The van der Waals surface area contributed by atoms with Crippen LogP contribution in [0.15, 0.2) is 45.8 Å². The zero-order valence-electron chi connectivity index (χ0n) is 10.9. The molecule has 0 heterocycles. The summed E-state index contributed by atoms with van der Waals surface area (Å²) in [5.74, 6) is -0.605. The molecule has 0 aliphatic carbocycles. The molecule has 106 valence electrons. The van der Waals surface area contributed by atoms with E-state index in [1.165, 1.54) is 18.2 Å². The normalized spacial score (nSPS) is 11.4. The molecule has 1 N–H and O–H groups in total. The first-order chi connectivity index (χ1) is 9.29. The molecule has 3 nitrogen and oxygen atoms in total. The summed E-state index contributed by atoms with van der Waals surface area (Å²) in [4.78, 5) is 0.118. The molecule has 0 radical (unpaired) electrons. The third-order valence-electron chi connectivity index (χ3n) is 2.81. The summed E-state index contributed by atoms with van der Waals surface area (Å²) in [6, 6.07) is 9.21. The van der Waals surface area contributed by atoms with Crippen LogP contribution in [-0.4, -0.2) is 8.42 Å². The average molecular weight is 358 g/mol. The number of hydrogen-bond donors (Lipinski definition) is 1. The van der Waals surface area contributed by atoms with E-state index in [1.54, 1.807) is 32.0 Å². The third kappa shape index (κ3) is 3.19. The van der Waals surface area contributed by atoms with E-state index >= 15 is 0 Å². The fourth-order valence-electron chi connectivity index (χ4n) is 1.78. The Balaban J connectivity index is 2.46. The molecule has 0 aromatic heterocycles. The van der Waals surface area contributed by atoms with Crippen LogP contribution in [0.25, 0.3) is 0 Å². The van der Waals surface area contributed by atoms with Crippen molar-refractivity contribution in [1.82, 2.24) is 0 Å². The van der Waals surface area contributed by atoms with Crippen LogP contribution in [0, 0.1) is 19.7 Å². The number of aryl methyl sites for hydroxylation is 2. The fraction of sp³-hybridized carbons (Fsp3) is 0.143. The average Bonchev–Trinajstić information content (AvgIpc) is 2.36. The maximum atomic E-state index is 13.7. The highest BCUT2D eigenvalue weighted by Gasteiger charge is 2.19.